The lowest BCUT2D eigenvalue weighted by atomic mass is 9.83. The van der Waals surface area contributed by atoms with Crippen molar-refractivity contribution in [3.8, 4) is 5.75 Å². The third-order valence-electron chi connectivity index (χ3n) is 5.88. The molecule has 0 radical (unpaired) electrons. The third-order valence-corrected chi connectivity index (χ3v) is 5.88. The van der Waals surface area contributed by atoms with Crippen LogP contribution in [0.2, 0.25) is 0 Å². The van der Waals surface area contributed by atoms with Crippen LogP contribution in [-0.2, 0) is 17.9 Å². The van der Waals surface area contributed by atoms with Crippen molar-refractivity contribution in [2.45, 2.75) is 38.4 Å². The van der Waals surface area contributed by atoms with Crippen LogP contribution in [0.5, 0.6) is 5.75 Å². The highest BCUT2D eigenvalue weighted by Crippen LogP contribution is 2.33. The van der Waals surface area contributed by atoms with Gasteiger partial charge in [-0.2, -0.15) is 0 Å². The van der Waals surface area contributed by atoms with Crippen molar-refractivity contribution in [2.75, 3.05) is 13.1 Å². The Morgan fingerprint density at radius 1 is 1.04 bits per heavy atom. The first kappa shape index (κ1) is 18.0. The van der Waals surface area contributed by atoms with Crippen molar-refractivity contribution in [3.63, 3.8) is 0 Å². The van der Waals surface area contributed by atoms with Gasteiger partial charge >= 0.3 is 0 Å². The molecule has 1 N–H and O–H groups in total. The van der Waals surface area contributed by atoms with Gasteiger partial charge in [0.15, 0.2) is 0 Å². The Morgan fingerprint density at radius 2 is 1.81 bits per heavy atom. The maximum absolute atomic E-state index is 13.2. The normalized spacial score (nSPS) is 23.3. The summed E-state index contributed by atoms with van der Waals surface area (Å²) in [6.07, 6.45) is 2.43. The average Bonchev–Trinajstić information content (AvgIpc) is 2.67. The quantitative estimate of drug-likeness (QED) is 0.898. The number of fused-ring (bicyclic) bond motifs is 1. The molecule has 4 nitrogen and oxygen atoms in total. The number of carbonyl (C=O) groups is 1. The Kier molecular flexibility index (Phi) is 5.12. The molecule has 0 spiro atoms. The number of halogens is 1. The number of para-hydroxylation sites is 1. The summed E-state index contributed by atoms with van der Waals surface area (Å²) in [6, 6.07) is 14.2. The maximum atomic E-state index is 13.2. The molecule has 27 heavy (non-hydrogen) atoms. The predicted octanol–water partition coefficient (Wildman–Crippen LogP) is 3.54. The summed E-state index contributed by atoms with van der Waals surface area (Å²) in [5.74, 6) is 0.743. The molecule has 5 heteroatoms. The Morgan fingerprint density at radius 3 is 2.59 bits per heavy atom. The van der Waals surface area contributed by atoms with Crippen LogP contribution in [0, 0.1) is 11.7 Å². The molecular formula is C22H25FN2O2. The second kappa shape index (κ2) is 7.69. The molecule has 2 aromatic rings. The van der Waals surface area contributed by atoms with E-state index in [2.05, 4.69) is 4.90 Å². The number of phenols is 1. The summed E-state index contributed by atoms with van der Waals surface area (Å²) < 4.78 is 13.2. The Hall–Kier alpha value is -2.40. The number of piperidine rings is 2. The summed E-state index contributed by atoms with van der Waals surface area (Å²) in [7, 11) is 0. The number of amides is 1. The molecule has 2 saturated heterocycles. The molecule has 0 bridgehead atoms. The minimum atomic E-state index is -0.251. The minimum Gasteiger partial charge on any atom is -0.508 e. The van der Waals surface area contributed by atoms with Crippen LogP contribution in [0.3, 0.4) is 0 Å². The van der Waals surface area contributed by atoms with E-state index in [1.54, 1.807) is 18.2 Å². The van der Waals surface area contributed by atoms with Crippen molar-refractivity contribution in [1.82, 2.24) is 9.80 Å². The van der Waals surface area contributed by atoms with Gasteiger partial charge in [0.2, 0.25) is 5.91 Å². The number of benzene rings is 2. The van der Waals surface area contributed by atoms with Gasteiger partial charge in [0.25, 0.3) is 0 Å². The van der Waals surface area contributed by atoms with Gasteiger partial charge in [-0.05, 0) is 42.5 Å². The topological polar surface area (TPSA) is 43.8 Å². The number of hydrogen-bond acceptors (Lipinski definition) is 3. The molecule has 4 rings (SSSR count). The first-order chi connectivity index (χ1) is 13.1. The van der Waals surface area contributed by atoms with Gasteiger partial charge in [-0.25, -0.2) is 4.39 Å². The highest BCUT2D eigenvalue weighted by molar-refractivity contribution is 5.77. The molecule has 1 amide bonds. The SMILES string of the molecule is O=C1CC[C@H]2CN(Cc3ccccc3O)CC[C@H]2N1Cc1ccc(F)cc1. The van der Waals surface area contributed by atoms with Crippen molar-refractivity contribution in [2.24, 2.45) is 5.92 Å². The number of rotatable bonds is 4. The minimum absolute atomic E-state index is 0.203. The Labute approximate surface area is 159 Å². The zero-order chi connectivity index (χ0) is 18.8. The fourth-order valence-electron chi connectivity index (χ4n) is 4.45. The Bertz CT molecular complexity index is 808. The summed E-state index contributed by atoms with van der Waals surface area (Å²) in [5, 5.41) is 10.0. The lowest BCUT2D eigenvalue weighted by Gasteiger charge is -2.47. The fourth-order valence-corrected chi connectivity index (χ4v) is 4.45. The molecule has 0 saturated carbocycles. The molecular weight excluding hydrogens is 343 g/mol. The van der Waals surface area contributed by atoms with Crippen LogP contribution in [0.15, 0.2) is 48.5 Å². The van der Waals surface area contributed by atoms with Gasteiger partial charge < -0.3 is 10.0 Å². The maximum Gasteiger partial charge on any atom is 0.223 e. The van der Waals surface area contributed by atoms with Gasteiger partial charge in [-0.1, -0.05) is 30.3 Å². The van der Waals surface area contributed by atoms with Crippen LogP contribution in [0.1, 0.15) is 30.4 Å². The number of likely N-dealkylation sites (tertiary alicyclic amines) is 2. The molecule has 0 aliphatic carbocycles. The monoisotopic (exact) mass is 368 g/mol. The number of phenolic OH excluding ortho intramolecular Hbond substituents is 1. The molecule has 142 valence electrons. The van der Waals surface area contributed by atoms with E-state index in [0.717, 1.165) is 43.6 Å². The smallest absolute Gasteiger partial charge is 0.223 e. The molecule has 0 aromatic heterocycles. The van der Waals surface area contributed by atoms with Gasteiger partial charge in [-0.3, -0.25) is 9.69 Å². The van der Waals surface area contributed by atoms with Gasteiger partial charge in [0.1, 0.15) is 11.6 Å². The van der Waals surface area contributed by atoms with Crippen LogP contribution >= 0.6 is 0 Å². The fraction of sp³-hybridized carbons (Fsp3) is 0.409. The Balaban J connectivity index is 1.43. The average molecular weight is 368 g/mol. The second-order valence-corrected chi connectivity index (χ2v) is 7.67. The first-order valence-corrected chi connectivity index (χ1v) is 9.63. The highest BCUT2D eigenvalue weighted by Gasteiger charge is 2.39. The highest BCUT2D eigenvalue weighted by atomic mass is 19.1. The number of nitrogens with zero attached hydrogens (tertiary/aromatic N) is 2. The zero-order valence-corrected chi connectivity index (χ0v) is 15.4. The van der Waals surface area contributed by atoms with Gasteiger partial charge in [0, 0.05) is 44.2 Å². The molecule has 2 aliphatic rings. The first-order valence-electron chi connectivity index (χ1n) is 9.63. The lowest BCUT2D eigenvalue weighted by Crippen LogP contribution is -2.55. The molecule has 2 atom stereocenters. The summed E-state index contributed by atoms with van der Waals surface area (Å²) in [5.41, 5.74) is 1.92. The lowest BCUT2D eigenvalue weighted by molar-refractivity contribution is -0.142. The standard InChI is InChI=1S/C22H25FN2O2/c23-19-8-5-16(6-9-19)13-25-20-11-12-24(14-17(20)7-10-22(25)27)15-18-3-1-2-4-21(18)26/h1-6,8-9,17,20,26H,7,10-15H2/t17-,20+/m0/s1. The summed E-state index contributed by atoms with van der Waals surface area (Å²) >= 11 is 0. The molecule has 2 heterocycles. The van der Waals surface area contributed by atoms with Crippen molar-refractivity contribution < 1.29 is 14.3 Å². The van der Waals surface area contributed by atoms with E-state index in [1.165, 1.54) is 12.1 Å². The number of aromatic hydroxyl groups is 1. The van der Waals surface area contributed by atoms with Crippen molar-refractivity contribution in [3.05, 3.63) is 65.5 Å². The largest absolute Gasteiger partial charge is 0.508 e. The molecule has 2 aromatic carbocycles. The third kappa shape index (κ3) is 3.98. The van der Waals surface area contributed by atoms with E-state index in [-0.39, 0.29) is 17.8 Å². The summed E-state index contributed by atoms with van der Waals surface area (Å²) in [6.45, 7) is 3.14. The van der Waals surface area contributed by atoms with E-state index in [4.69, 9.17) is 0 Å². The second-order valence-electron chi connectivity index (χ2n) is 7.67. The van der Waals surface area contributed by atoms with Gasteiger partial charge in [0.05, 0.1) is 0 Å². The van der Waals surface area contributed by atoms with Crippen LogP contribution in [0.4, 0.5) is 4.39 Å². The molecule has 2 fully saturated rings. The van der Waals surface area contributed by atoms with Crippen molar-refractivity contribution >= 4 is 5.91 Å². The van der Waals surface area contributed by atoms with E-state index >= 15 is 0 Å². The predicted molar refractivity (Wildman–Crippen MR) is 101 cm³/mol. The number of hydrogen-bond donors (Lipinski definition) is 1. The van der Waals surface area contributed by atoms with E-state index < -0.39 is 0 Å². The van der Waals surface area contributed by atoms with E-state index in [9.17, 15) is 14.3 Å². The summed E-state index contributed by atoms with van der Waals surface area (Å²) in [4.78, 5) is 16.9. The molecule has 0 unspecified atom stereocenters. The number of carbonyl (C=O) groups excluding carboxylic acids is 1. The van der Waals surface area contributed by atoms with Crippen LogP contribution in [-0.4, -0.2) is 39.9 Å². The van der Waals surface area contributed by atoms with Crippen LogP contribution < -0.4 is 0 Å². The van der Waals surface area contributed by atoms with Gasteiger partial charge in [-0.15, -0.1) is 0 Å². The van der Waals surface area contributed by atoms with E-state index in [1.807, 2.05) is 23.1 Å². The van der Waals surface area contributed by atoms with Crippen molar-refractivity contribution in [1.29, 1.82) is 0 Å². The molecule has 2 aliphatic heterocycles. The zero-order valence-electron chi connectivity index (χ0n) is 15.4. The van der Waals surface area contributed by atoms with Crippen LogP contribution in [0.25, 0.3) is 0 Å². The van der Waals surface area contributed by atoms with E-state index in [0.29, 0.717) is 24.6 Å².